The summed E-state index contributed by atoms with van der Waals surface area (Å²) in [5.41, 5.74) is -0.130. The molecule has 15 heavy (non-hydrogen) atoms. The molecule has 0 atom stereocenters. The van der Waals surface area contributed by atoms with E-state index in [1.807, 2.05) is 0 Å². The van der Waals surface area contributed by atoms with Crippen molar-refractivity contribution in [2.75, 3.05) is 18.0 Å². The quantitative estimate of drug-likeness (QED) is 0.600. The van der Waals surface area contributed by atoms with E-state index in [4.69, 9.17) is 16.7 Å². The van der Waals surface area contributed by atoms with Gasteiger partial charge in [0.1, 0.15) is 0 Å². The van der Waals surface area contributed by atoms with Gasteiger partial charge in [0.15, 0.2) is 0 Å². The van der Waals surface area contributed by atoms with Gasteiger partial charge in [-0.15, -0.1) is 0 Å². The SMILES string of the molecule is O=[N+]([O-])c1cc(Cl)cnc1N1CC(O)C1. The molecule has 7 heteroatoms. The van der Waals surface area contributed by atoms with Crippen LogP contribution in [0.2, 0.25) is 5.02 Å². The second-order valence-electron chi connectivity index (χ2n) is 3.31. The highest BCUT2D eigenvalue weighted by molar-refractivity contribution is 6.30. The summed E-state index contributed by atoms with van der Waals surface area (Å²) in [6.07, 6.45) is 0.927. The van der Waals surface area contributed by atoms with Crippen molar-refractivity contribution in [2.24, 2.45) is 0 Å². The van der Waals surface area contributed by atoms with Crippen molar-refractivity contribution in [2.45, 2.75) is 6.10 Å². The van der Waals surface area contributed by atoms with Crippen LogP contribution in [0, 0.1) is 10.1 Å². The van der Waals surface area contributed by atoms with Crippen LogP contribution in [0.25, 0.3) is 0 Å². The molecule has 80 valence electrons. The maximum atomic E-state index is 10.7. The number of aliphatic hydroxyl groups excluding tert-OH is 1. The highest BCUT2D eigenvalue weighted by Crippen LogP contribution is 2.30. The van der Waals surface area contributed by atoms with Crippen molar-refractivity contribution in [3.63, 3.8) is 0 Å². The summed E-state index contributed by atoms with van der Waals surface area (Å²) in [7, 11) is 0. The first kappa shape index (κ1) is 10.1. The van der Waals surface area contributed by atoms with Crippen LogP contribution in [0.3, 0.4) is 0 Å². The zero-order valence-electron chi connectivity index (χ0n) is 7.63. The number of aromatic nitrogens is 1. The van der Waals surface area contributed by atoms with Crippen LogP contribution in [0.15, 0.2) is 12.3 Å². The number of β-amino-alcohol motifs (C(OH)–C–C–N with tert-alkyl or cyclic N) is 1. The number of rotatable bonds is 2. The van der Waals surface area contributed by atoms with Crippen molar-refractivity contribution in [3.05, 3.63) is 27.4 Å². The fourth-order valence-electron chi connectivity index (χ4n) is 1.43. The summed E-state index contributed by atoms with van der Waals surface area (Å²) in [6, 6.07) is 1.26. The average Bonchev–Trinajstić information content (AvgIpc) is 2.13. The summed E-state index contributed by atoms with van der Waals surface area (Å²) >= 11 is 5.62. The monoisotopic (exact) mass is 229 g/mol. The molecule has 1 fully saturated rings. The highest BCUT2D eigenvalue weighted by atomic mass is 35.5. The number of nitrogens with zero attached hydrogens (tertiary/aromatic N) is 3. The van der Waals surface area contributed by atoms with Gasteiger partial charge in [-0.1, -0.05) is 11.6 Å². The second kappa shape index (κ2) is 3.63. The largest absolute Gasteiger partial charge is 0.389 e. The summed E-state index contributed by atoms with van der Waals surface area (Å²) in [5, 5.41) is 20.0. The fraction of sp³-hybridized carbons (Fsp3) is 0.375. The molecule has 1 aliphatic rings. The molecule has 0 aromatic carbocycles. The fourth-order valence-corrected chi connectivity index (χ4v) is 1.58. The number of aliphatic hydroxyl groups is 1. The first-order chi connectivity index (χ1) is 7.08. The first-order valence-corrected chi connectivity index (χ1v) is 4.68. The molecule has 1 N–H and O–H groups in total. The Morgan fingerprint density at radius 2 is 2.33 bits per heavy atom. The van der Waals surface area contributed by atoms with E-state index in [1.54, 1.807) is 4.90 Å². The van der Waals surface area contributed by atoms with Crippen molar-refractivity contribution >= 4 is 23.1 Å². The highest BCUT2D eigenvalue weighted by Gasteiger charge is 2.31. The van der Waals surface area contributed by atoms with Gasteiger partial charge in [0.2, 0.25) is 5.82 Å². The Hall–Kier alpha value is -1.40. The third-order valence-corrected chi connectivity index (χ3v) is 2.38. The van der Waals surface area contributed by atoms with Crippen LogP contribution in [-0.4, -0.2) is 34.2 Å². The van der Waals surface area contributed by atoms with E-state index < -0.39 is 11.0 Å². The van der Waals surface area contributed by atoms with Gasteiger partial charge in [-0.3, -0.25) is 10.1 Å². The zero-order chi connectivity index (χ0) is 11.0. The van der Waals surface area contributed by atoms with Crippen LogP contribution in [0.1, 0.15) is 0 Å². The molecule has 0 aliphatic carbocycles. The lowest BCUT2D eigenvalue weighted by atomic mass is 10.1. The third-order valence-electron chi connectivity index (χ3n) is 2.17. The van der Waals surface area contributed by atoms with E-state index in [9.17, 15) is 10.1 Å². The van der Waals surface area contributed by atoms with E-state index in [-0.39, 0.29) is 16.5 Å². The standard InChI is InChI=1S/C8H8ClN3O3/c9-5-1-7(12(14)15)8(10-2-5)11-3-6(13)4-11/h1-2,6,13H,3-4H2. The Morgan fingerprint density at radius 3 is 2.87 bits per heavy atom. The molecule has 0 amide bonds. The molecule has 0 saturated carbocycles. The minimum absolute atomic E-state index is 0.130. The summed E-state index contributed by atoms with van der Waals surface area (Å²) in [6.45, 7) is 0.741. The van der Waals surface area contributed by atoms with Crippen LogP contribution < -0.4 is 4.90 Å². The molecular formula is C8H8ClN3O3. The van der Waals surface area contributed by atoms with Crippen molar-refractivity contribution in [1.29, 1.82) is 0 Å². The summed E-state index contributed by atoms with van der Waals surface area (Å²) < 4.78 is 0. The van der Waals surface area contributed by atoms with E-state index >= 15 is 0 Å². The topological polar surface area (TPSA) is 79.5 Å². The van der Waals surface area contributed by atoms with Gasteiger partial charge in [-0.05, 0) is 0 Å². The third kappa shape index (κ3) is 1.86. The molecule has 0 radical (unpaired) electrons. The van der Waals surface area contributed by atoms with Gasteiger partial charge in [-0.25, -0.2) is 4.98 Å². The summed E-state index contributed by atoms with van der Waals surface area (Å²) in [5.74, 6) is 0.259. The molecule has 0 spiro atoms. The normalized spacial score (nSPS) is 16.3. The maximum absolute atomic E-state index is 10.7. The lowest BCUT2D eigenvalue weighted by Crippen LogP contribution is -2.51. The molecule has 1 saturated heterocycles. The first-order valence-electron chi connectivity index (χ1n) is 4.31. The van der Waals surface area contributed by atoms with Gasteiger partial charge >= 0.3 is 5.69 Å². The smallest absolute Gasteiger partial charge is 0.313 e. The van der Waals surface area contributed by atoms with Crippen molar-refractivity contribution < 1.29 is 10.0 Å². The Kier molecular flexibility index (Phi) is 2.45. The number of hydrogen-bond acceptors (Lipinski definition) is 5. The lowest BCUT2D eigenvalue weighted by Gasteiger charge is -2.36. The minimum Gasteiger partial charge on any atom is -0.389 e. The van der Waals surface area contributed by atoms with Crippen molar-refractivity contribution in [1.82, 2.24) is 4.98 Å². The van der Waals surface area contributed by atoms with Crippen LogP contribution in [-0.2, 0) is 0 Å². The molecular weight excluding hydrogens is 222 g/mol. The molecule has 2 heterocycles. The zero-order valence-corrected chi connectivity index (χ0v) is 8.39. The Labute approximate surface area is 90.3 Å². The van der Waals surface area contributed by atoms with E-state index in [2.05, 4.69) is 4.98 Å². The van der Waals surface area contributed by atoms with Crippen LogP contribution >= 0.6 is 11.6 Å². The van der Waals surface area contributed by atoms with Crippen molar-refractivity contribution in [3.8, 4) is 0 Å². The Balaban J connectivity index is 2.34. The molecule has 1 aromatic heterocycles. The van der Waals surface area contributed by atoms with E-state index in [0.717, 1.165) is 0 Å². The molecule has 0 unspecified atom stereocenters. The number of anilines is 1. The van der Waals surface area contributed by atoms with E-state index in [0.29, 0.717) is 13.1 Å². The number of nitro groups is 1. The van der Waals surface area contributed by atoms with Gasteiger partial charge in [0.25, 0.3) is 0 Å². The van der Waals surface area contributed by atoms with E-state index in [1.165, 1.54) is 12.3 Å². The number of hydrogen-bond donors (Lipinski definition) is 1. The molecule has 1 aromatic rings. The summed E-state index contributed by atoms with van der Waals surface area (Å²) in [4.78, 5) is 15.7. The molecule has 1 aliphatic heterocycles. The molecule has 2 rings (SSSR count). The molecule has 0 bridgehead atoms. The predicted octanol–water partition coefficient (Wildman–Crippen LogP) is 0.824. The molecule has 6 nitrogen and oxygen atoms in total. The van der Waals surface area contributed by atoms with Gasteiger partial charge < -0.3 is 10.0 Å². The minimum atomic E-state index is -0.529. The maximum Gasteiger partial charge on any atom is 0.313 e. The van der Waals surface area contributed by atoms with Gasteiger partial charge in [-0.2, -0.15) is 0 Å². The second-order valence-corrected chi connectivity index (χ2v) is 3.75. The number of pyridine rings is 1. The van der Waals surface area contributed by atoms with Gasteiger partial charge in [0, 0.05) is 25.4 Å². The van der Waals surface area contributed by atoms with Crippen LogP contribution in [0.4, 0.5) is 11.5 Å². The van der Waals surface area contributed by atoms with Gasteiger partial charge in [0.05, 0.1) is 16.0 Å². The predicted molar refractivity (Wildman–Crippen MR) is 54.1 cm³/mol. The average molecular weight is 230 g/mol. The Bertz CT molecular complexity index is 406. The lowest BCUT2D eigenvalue weighted by molar-refractivity contribution is -0.384. The van der Waals surface area contributed by atoms with Crippen LogP contribution in [0.5, 0.6) is 0 Å². The Morgan fingerprint density at radius 1 is 1.67 bits per heavy atom. The number of halogens is 1.